The summed E-state index contributed by atoms with van der Waals surface area (Å²) in [4.78, 5) is 14.4. The standard InChI is InChI=1S/C35H40F2O5S2/c1-33(2,3)28-14-16-31(17-15-28)43(29-10-6-4-7-11-29,30-12-8-5-9-13-30)42-44(39,40)35(36,37)32(38)41-24-34-21-25-18-26(22-34)20-27(19-25)23-34/h4-17,25-27H,18-24H2,1-3H3/p+1. The third-order valence-corrected chi connectivity index (χ3v) is 14.8. The largest absolute Gasteiger partial charge is 0.517 e. The van der Waals surface area contributed by atoms with Crippen LogP contribution < -0.4 is 0 Å². The molecular formula is C35H41F2O5S2+. The number of carbonyl (C=O) groups is 1. The topological polar surface area (TPSA) is 74.9 Å². The monoisotopic (exact) mass is 643 g/mol. The summed E-state index contributed by atoms with van der Waals surface area (Å²) in [6.45, 7) is 6.01. The molecule has 0 radical (unpaired) electrons. The smallest absolute Gasteiger partial charge is 0.460 e. The molecule has 0 saturated heterocycles. The molecule has 0 spiro atoms. The molecule has 0 aromatic heterocycles. The fraction of sp³-hybridized carbons (Fsp3) is 0.457. The molecule has 0 heterocycles. The Balaban J connectivity index is 1.42. The predicted octanol–water partition coefficient (Wildman–Crippen LogP) is 9.17. The summed E-state index contributed by atoms with van der Waals surface area (Å²) in [5.41, 5.74) is 0.490. The van der Waals surface area contributed by atoms with E-state index in [9.17, 15) is 13.6 Å². The van der Waals surface area contributed by atoms with Gasteiger partial charge in [-0.3, -0.25) is 0 Å². The first-order valence-electron chi connectivity index (χ1n) is 15.3. The highest BCUT2D eigenvalue weighted by Gasteiger charge is 2.64. The van der Waals surface area contributed by atoms with Gasteiger partial charge in [-0.25, -0.2) is 9.35 Å². The normalized spacial score (nSPS) is 26.5. The van der Waals surface area contributed by atoms with Crippen LogP contribution in [0.1, 0.15) is 64.9 Å². The van der Waals surface area contributed by atoms with E-state index in [2.05, 4.69) is 20.8 Å². The van der Waals surface area contributed by atoms with E-state index in [1.807, 2.05) is 12.1 Å². The van der Waals surface area contributed by atoms with E-state index in [0.717, 1.165) is 44.1 Å². The Labute approximate surface area is 261 Å². The quantitative estimate of drug-likeness (QED) is 0.151. The number of halogens is 2. The van der Waals surface area contributed by atoms with Crippen molar-refractivity contribution in [2.75, 3.05) is 6.61 Å². The third kappa shape index (κ3) is 5.60. The van der Waals surface area contributed by atoms with Crippen molar-refractivity contribution < 1.29 is 30.4 Å². The minimum Gasteiger partial charge on any atom is -0.460 e. The van der Waals surface area contributed by atoms with Crippen molar-refractivity contribution in [1.82, 2.24) is 0 Å². The molecule has 4 fully saturated rings. The van der Waals surface area contributed by atoms with E-state index >= 15 is 8.78 Å². The molecule has 3 aromatic carbocycles. The molecule has 4 aliphatic rings. The number of esters is 1. The second-order valence-electron chi connectivity index (χ2n) is 14.0. The van der Waals surface area contributed by atoms with Gasteiger partial charge >= 0.3 is 21.3 Å². The second-order valence-corrected chi connectivity index (χ2v) is 18.5. The predicted molar refractivity (Wildman–Crippen MR) is 168 cm³/mol. The third-order valence-electron chi connectivity index (χ3n) is 9.63. The average molecular weight is 644 g/mol. The molecule has 5 nitrogen and oxygen atoms in total. The number of benzene rings is 3. The van der Waals surface area contributed by atoms with E-state index < -0.39 is 31.7 Å². The molecule has 4 bridgehead atoms. The molecule has 4 aliphatic carbocycles. The van der Waals surface area contributed by atoms with Gasteiger partial charge in [0.15, 0.2) is 10.3 Å². The molecule has 0 amide bonds. The maximum absolute atomic E-state index is 15.9. The molecule has 236 valence electrons. The first-order valence-corrected chi connectivity index (χ1v) is 18.3. The Kier molecular flexibility index (Phi) is 7.99. The van der Waals surface area contributed by atoms with E-state index in [4.69, 9.17) is 8.02 Å². The van der Waals surface area contributed by atoms with Crippen LogP contribution in [0.4, 0.5) is 8.78 Å². The van der Waals surface area contributed by atoms with Gasteiger partial charge < -0.3 is 4.74 Å². The SMILES string of the molecule is CC(C)(C)c1ccc(S([O+]=S(=O)(O)C(F)(F)C(=O)OCC23CC4CC(CC(C4)C2)C3)(c2ccccc2)c2ccccc2)cc1. The highest BCUT2D eigenvalue weighted by Crippen LogP contribution is 2.68. The number of carbonyl (C=O) groups excluding carboxylic acids is 1. The summed E-state index contributed by atoms with van der Waals surface area (Å²) in [7, 11) is -8.83. The molecular weight excluding hydrogens is 603 g/mol. The highest BCUT2D eigenvalue weighted by atomic mass is 32.3. The van der Waals surface area contributed by atoms with Gasteiger partial charge in [0.2, 0.25) is 0 Å². The molecule has 4 saturated carbocycles. The van der Waals surface area contributed by atoms with E-state index in [1.54, 1.807) is 72.8 Å². The first-order chi connectivity index (χ1) is 20.7. The number of hydrogen-bond acceptors (Lipinski definition) is 3. The van der Waals surface area contributed by atoms with Crippen molar-refractivity contribution in [2.24, 2.45) is 23.2 Å². The lowest BCUT2D eigenvalue weighted by molar-refractivity contribution is -0.172. The van der Waals surface area contributed by atoms with Crippen molar-refractivity contribution in [3.8, 4) is 0 Å². The van der Waals surface area contributed by atoms with Crippen LogP contribution in [0.25, 0.3) is 0 Å². The summed E-state index contributed by atoms with van der Waals surface area (Å²) in [5, 5.41) is -4.80. The van der Waals surface area contributed by atoms with E-state index in [-0.39, 0.29) is 17.4 Å². The zero-order chi connectivity index (χ0) is 31.4. The Hall–Kier alpha value is -2.75. The fourth-order valence-corrected chi connectivity index (χ4v) is 13.0. The van der Waals surface area contributed by atoms with E-state index in [0.29, 0.717) is 32.4 Å². The Bertz CT molecular complexity index is 1550. The average Bonchev–Trinajstić information content (AvgIpc) is 2.98. The Morgan fingerprint density at radius 3 is 1.68 bits per heavy atom. The zero-order valence-corrected chi connectivity index (χ0v) is 27.1. The fourth-order valence-electron chi connectivity index (χ4n) is 7.95. The minimum atomic E-state index is -5.60. The lowest BCUT2D eigenvalue weighted by atomic mass is 9.50. The zero-order valence-electron chi connectivity index (χ0n) is 25.4. The van der Waals surface area contributed by atoms with Crippen LogP contribution >= 0.6 is 10.3 Å². The van der Waals surface area contributed by atoms with Crippen LogP contribution in [0.15, 0.2) is 99.6 Å². The molecule has 7 rings (SSSR count). The summed E-state index contributed by atoms with van der Waals surface area (Å²) in [5.74, 6) is -0.400. The summed E-state index contributed by atoms with van der Waals surface area (Å²) in [6, 6.07) is 24.5. The van der Waals surface area contributed by atoms with Gasteiger partial charge in [0, 0.05) is 5.41 Å². The lowest BCUT2D eigenvalue weighted by Gasteiger charge is -2.56. The molecule has 1 N–H and O–H groups in total. The molecule has 9 heteroatoms. The van der Waals surface area contributed by atoms with Gasteiger partial charge in [0.05, 0.1) is 21.3 Å². The molecule has 1 unspecified atom stereocenters. The van der Waals surface area contributed by atoms with Crippen LogP contribution in [-0.2, 0) is 28.3 Å². The van der Waals surface area contributed by atoms with Crippen molar-refractivity contribution in [1.29, 1.82) is 0 Å². The van der Waals surface area contributed by atoms with Crippen LogP contribution in [0.3, 0.4) is 0 Å². The van der Waals surface area contributed by atoms with Crippen LogP contribution in [0.5, 0.6) is 0 Å². The van der Waals surface area contributed by atoms with Gasteiger partial charge in [0.25, 0.3) is 0 Å². The van der Waals surface area contributed by atoms with Gasteiger partial charge in [-0.1, -0.05) is 69.3 Å². The van der Waals surface area contributed by atoms with Gasteiger partial charge in [-0.2, -0.15) is 8.78 Å². The first kappa shape index (κ1) is 31.2. The number of hydrogen-bond donors (Lipinski definition) is 1. The molecule has 3 aromatic rings. The second kappa shape index (κ2) is 11.2. The van der Waals surface area contributed by atoms with E-state index in [1.165, 1.54) is 0 Å². The minimum absolute atomic E-state index is 0.163. The van der Waals surface area contributed by atoms with Gasteiger partial charge in [-0.05, 0) is 104 Å². The maximum Gasteiger partial charge on any atom is 0.517 e. The lowest BCUT2D eigenvalue weighted by Crippen LogP contribution is -2.49. The number of ether oxygens (including phenoxy) is 1. The summed E-state index contributed by atoms with van der Waals surface area (Å²) < 4.78 is 68.0. The molecule has 0 aliphatic heterocycles. The Morgan fingerprint density at radius 1 is 0.818 bits per heavy atom. The van der Waals surface area contributed by atoms with Crippen LogP contribution in [0.2, 0.25) is 0 Å². The summed E-state index contributed by atoms with van der Waals surface area (Å²) >= 11 is 0. The maximum atomic E-state index is 15.9. The Morgan fingerprint density at radius 2 is 1.25 bits per heavy atom. The summed E-state index contributed by atoms with van der Waals surface area (Å²) in [6.07, 6.45) is 6.01. The van der Waals surface area contributed by atoms with Crippen molar-refractivity contribution in [3.05, 3.63) is 90.5 Å². The van der Waals surface area contributed by atoms with Gasteiger partial charge in [-0.15, -0.1) is 7.49 Å². The highest BCUT2D eigenvalue weighted by molar-refractivity contribution is 8.30. The van der Waals surface area contributed by atoms with Crippen LogP contribution in [-0.4, -0.2) is 26.6 Å². The molecule has 44 heavy (non-hydrogen) atoms. The number of alkyl halides is 2. The van der Waals surface area contributed by atoms with Crippen molar-refractivity contribution >= 4 is 26.4 Å². The van der Waals surface area contributed by atoms with Crippen molar-refractivity contribution in [2.45, 2.75) is 84.7 Å². The van der Waals surface area contributed by atoms with Crippen molar-refractivity contribution in [3.63, 3.8) is 0 Å². The van der Waals surface area contributed by atoms with Crippen LogP contribution in [0, 0.1) is 23.2 Å². The number of rotatable bonds is 8. The van der Waals surface area contributed by atoms with Gasteiger partial charge in [0.1, 0.15) is 0 Å². The molecule has 1 atom stereocenters.